The van der Waals surface area contributed by atoms with Crippen molar-refractivity contribution in [2.24, 2.45) is 0 Å². The largest absolute Gasteiger partial charge is 0.377 e. The van der Waals surface area contributed by atoms with E-state index in [0.29, 0.717) is 0 Å². The van der Waals surface area contributed by atoms with Crippen LogP contribution in [0, 0.1) is 25.7 Å². The van der Waals surface area contributed by atoms with Gasteiger partial charge in [0.25, 0.3) is 0 Å². The minimum Gasteiger partial charge on any atom is -0.377 e. The lowest BCUT2D eigenvalue weighted by atomic mass is 10.1. The third-order valence-electron chi connectivity index (χ3n) is 3.09. The molecule has 0 N–H and O–H groups in total. The summed E-state index contributed by atoms with van der Waals surface area (Å²) >= 11 is 3.57. The average molecular weight is 328 g/mol. The lowest BCUT2D eigenvalue weighted by Crippen LogP contribution is -2.10. The van der Waals surface area contributed by atoms with Crippen LogP contribution in [0.25, 0.3) is 0 Å². The molecule has 0 saturated carbocycles. The van der Waals surface area contributed by atoms with Crippen molar-refractivity contribution in [1.29, 1.82) is 0 Å². The van der Waals surface area contributed by atoms with Crippen molar-refractivity contribution in [2.75, 3.05) is 19.0 Å². The normalized spacial score (nSPS) is 9.85. The van der Waals surface area contributed by atoms with Crippen molar-refractivity contribution in [3.05, 3.63) is 63.1 Å². The second-order valence-electron chi connectivity index (χ2n) is 5.15. The first-order valence-corrected chi connectivity index (χ1v) is 7.33. The molecule has 0 fully saturated rings. The van der Waals surface area contributed by atoms with Crippen LogP contribution in [0.15, 0.2) is 40.9 Å². The second-order valence-corrected chi connectivity index (χ2v) is 6.00. The van der Waals surface area contributed by atoms with Crippen LogP contribution in [0.5, 0.6) is 0 Å². The fraction of sp³-hybridized carbons (Fsp3) is 0.222. The van der Waals surface area contributed by atoms with Gasteiger partial charge in [-0.3, -0.25) is 0 Å². The van der Waals surface area contributed by atoms with E-state index in [4.69, 9.17) is 0 Å². The van der Waals surface area contributed by atoms with Gasteiger partial charge < -0.3 is 4.90 Å². The molecule has 0 saturated heterocycles. The molecular weight excluding hydrogens is 310 g/mol. The van der Waals surface area contributed by atoms with Crippen LogP contribution in [-0.2, 0) is 0 Å². The minimum absolute atomic E-state index is 1.02. The van der Waals surface area contributed by atoms with Gasteiger partial charge in [0, 0.05) is 29.7 Å². The van der Waals surface area contributed by atoms with Gasteiger partial charge in [-0.1, -0.05) is 24.0 Å². The number of benzene rings is 2. The molecule has 0 atom stereocenters. The quantitative estimate of drug-likeness (QED) is 0.695. The Balaban J connectivity index is 2.44. The predicted octanol–water partition coefficient (Wildman–Crippen LogP) is 4.53. The molecule has 2 rings (SSSR count). The molecule has 0 spiro atoms. The topological polar surface area (TPSA) is 3.24 Å². The summed E-state index contributed by atoms with van der Waals surface area (Å²) in [5.74, 6) is 6.55. The molecule has 2 heteroatoms. The Morgan fingerprint density at radius 2 is 1.45 bits per heavy atom. The predicted molar refractivity (Wildman–Crippen MR) is 90.4 cm³/mol. The molecule has 0 aliphatic carbocycles. The standard InChI is InChI=1S/C18H18BrN/c1-13-6-10-18(20(3)4)16(11-13)9-8-15-7-5-14(2)12-17(15)19/h5-7,10-12H,1-4H3. The maximum Gasteiger partial charge on any atom is 0.0520 e. The molecular formula is C18H18BrN. The van der Waals surface area contributed by atoms with Gasteiger partial charge in [-0.25, -0.2) is 0 Å². The van der Waals surface area contributed by atoms with E-state index in [9.17, 15) is 0 Å². The number of nitrogens with zero attached hydrogens (tertiary/aromatic N) is 1. The van der Waals surface area contributed by atoms with Crippen LogP contribution >= 0.6 is 15.9 Å². The van der Waals surface area contributed by atoms with Crippen LogP contribution in [0.2, 0.25) is 0 Å². The molecule has 0 heterocycles. The van der Waals surface area contributed by atoms with Crippen molar-refractivity contribution in [3.8, 4) is 11.8 Å². The average Bonchev–Trinajstić information content (AvgIpc) is 2.37. The van der Waals surface area contributed by atoms with E-state index in [-0.39, 0.29) is 0 Å². The van der Waals surface area contributed by atoms with Gasteiger partial charge >= 0.3 is 0 Å². The van der Waals surface area contributed by atoms with Gasteiger partial charge in [0.1, 0.15) is 0 Å². The van der Waals surface area contributed by atoms with Gasteiger partial charge in [0.15, 0.2) is 0 Å². The summed E-state index contributed by atoms with van der Waals surface area (Å²) in [5, 5.41) is 0. The van der Waals surface area contributed by atoms with Crippen molar-refractivity contribution in [3.63, 3.8) is 0 Å². The Labute approximate surface area is 129 Å². The van der Waals surface area contributed by atoms with E-state index >= 15 is 0 Å². The van der Waals surface area contributed by atoms with Crippen molar-refractivity contribution in [2.45, 2.75) is 13.8 Å². The van der Waals surface area contributed by atoms with Crippen LogP contribution in [0.3, 0.4) is 0 Å². The van der Waals surface area contributed by atoms with E-state index in [1.807, 2.05) is 14.1 Å². The maximum absolute atomic E-state index is 3.57. The van der Waals surface area contributed by atoms with E-state index in [2.05, 4.69) is 82.9 Å². The van der Waals surface area contributed by atoms with Crippen LogP contribution in [0.4, 0.5) is 5.69 Å². The Morgan fingerprint density at radius 3 is 2.10 bits per heavy atom. The summed E-state index contributed by atoms with van der Waals surface area (Å²) in [6.45, 7) is 4.17. The van der Waals surface area contributed by atoms with Gasteiger partial charge in [-0.15, -0.1) is 0 Å². The zero-order valence-corrected chi connectivity index (χ0v) is 13.9. The van der Waals surface area contributed by atoms with Gasteiger partial charge in [0.2, 0.25) is 0 Å². The first-order chi connectivity index (χ1) is 9.47. The summed E-state index contributed by atoms with van der Waals surface area (Å²) in [4.78, 5) is 2.09. The smallest absolute Gasteiger partial charge is 0.0520 e. The SMILES string of the molecule is Cc1ccc(C#Cc2cc(C)ccc2N(C)C)c(Br)c1. The number of aryl methyl sites for hydroxylation is 2. The van der Waals surface area contributed by atoms with E-state index < -0.39 is 0 Å². The fourth-order valence-corrected chi connectivity index (χ4v) is 2.59. The second kappa shape index (κ2) is 6.15. The van der Waals surface area contributed by atoms with Crippen molar-refractivity contribution < 1.29 is 0 Å². The molecule has 0 radical (unpaired) electrons. The summed E-state index contributed by atoms with van der Waals surface area (Å²) in [6, 6.07) is 12.6. The van der Waals surface area contributed by atoms with Gasteiger partial charge in [-0.05, 0) is 65.2 Å². The highest BCUT2D eigenvalue weighted by Gasteiger charge is 2.02. The summed E-state index contributed by atoms with van der Waals surface area (Å²) < 4.78 is 1.05. The Hall–Kier alpha value is -1.72. The number of rotatable bonds is 1. The molecule has 0 bridgehead atoms. The number of hydrogen-bond acceptors (Lipinski definition) is 1. The highest BCUT2D eigenvalue weighted by molar-refractivity contribution is 9.10. The van der Waals surface area contributed by atoms with Crippen molar-refractivity contribution in [1.82, 2.24) is 0 Å². The Morgan fingerprint density at radius 1 is 0.850 bits per heavy atom. The number of halogens is 1. The Kier molecular flexibility index (Phi) is 4.52. The number of anilines is 1. The van der Waals surface area contributed by atoms with E-state index in [1.54, 1.807) is 0 Å². The molecule has 0 aliphatic rings. The molecule has 0 amide bonds. The summed E-state index contributed by atoms with van der Waals surface area (Å²) in [5.41, 5.74) is 5.67. The first kappa shape index (κ1) is 14.7. The van der Waals surface area contributed by atoms with E-state index in [1.165, 1.54) is 11.1 Å². The maximum atomic E-state index is 3.57. The zero-order chi connectivity index (χ0) is 14.7. The lowest BCUT2D eigenvalue weighted by Gasteiger charge is -2.15. The molecule has 0 aromatic heterocycles. The Bertz CT molecular complexity index is 690. The summed E-state index contributed by atoms with van der Waals surface area (Å²) in [6.07, 6.45) is 0. The third kappa shape index (κ3) is 3.43. The van der Waals surface area contributed by atoms with Crippen LogP contribution in [0.1, 0.15) is 22.3 Å². The molecule has 1 nitrogen and oxygen atoms in total. The number of hydrogen-bond donors (Lipinski definition) is 0. The van der Waals surface area contributed by atoms with Crippen LogP contribution in [-0.4, -0.2) is 14.1 Å². The first-order valence-electron chi connectivity index (χ1n) is 6.53. The van der Waals surface area contributed by atoms with Crippen LogP contribution < -0.4 is 4.90 Å². The summed E-state index contributed by atoms with van der Waals surface area (Å²) in [7, 11) is 4.08. The third-order valence-corrected chi connectivity index (χ3v) is 3.75. The highest BCUT2D eigenvalue weighted by Crippen LogP contribution is 2.20. The highest BCUT2D eigenvalue weighted by atomic mass is 79.9. The minimum atomic E-state index is 1.02. The molecule has 20 heavy (non-hydrogen) atoms. The molecule has 102 valence electrons. The molecule has 2 aromatic carbocycles. The lowest BCUT2D eigenvalue weighted by molar-refractivity contribution is 1.12. The van der Waals surface area contributed by atoms with Gasteiger partial charge in [0.05, 0.1) is 5.69 Å². The zero-order valence-electron chi connectivity index (χ0n) is 12.3. The fourth-order valence-electron chi connectivity index (χ4n) is 2.00. The monoisotopic (exact) mass is 327 g/mol. The van der Waals surface area contributed by atoms with Gasteiger partial charge in [-0.2, -0.15) is 0 Å². The van der Waals surface area contributed by atoms with Crippen molar-refractivity contribution >= 4 is 21.6 Å². The van der Waals surface area contributed by atoms with E-state index in [0.717, 1.165) is 21.3 Å². The molecule has 0 unspecified atom stereocenters. The molecule has 2 aromatic rings. The molecule has 0 aliphatic heterocycles.